The van der Waals surface area contributed by atoms with E-state index < -0.39 is 17.7 Å². The largest absolute Gasteiger partial charge is 0.507 e. The van der Waals surface area contributed by atoms with Gasteiger partial charge in [0, 0.05) is 24.9 Å². The summed E-state index contributed by atoms with van der Waals surface area (Å²) in [4.78, 5) is 31.6. The smallest absolute Gasteiger partial charge is 0.295 e. The monoisotopic (exact) mass is 394 g/mol. The molecule has 7 nitrogen and oxygen atoms in total. The van der Waals surface area contributed by atoms with E-state index >= 15 is 0 Å². The van der Waals surface area contributed by atoms with Crippen molar-refractivity contribution in [3.63, 3.8) is 0 Å². The molecule has 3 heterocycles. The molecule has 1 aromatic heterocycles. The second-order valence-electron chi connectivity index (χ2n) is 7.07. The zero-order valence-corrected chi connectivity index (χ0v) is 16.1. The molecule has 7 heteroatoms. The molecule has 2 fully saturated rings. The summed E-state index contributed by atoms with van der Waals surface area (Å²) in [6.07, 6.45) is 3.24. The van der Waals surface area contributed by atoms with Crippen LogP contribution in [0.3, 0.4) is 0 Å². The normalized spacial score (nSPS) is 23.6. The van der Waals surface area contributed by atoms with Gasteiger partial charge in [0.25, 0.3) is 11.7 Å². The predicted octanol–water partition coefficient (Wildman–Crippen LogP) is 2.69. The number of ketones is 1. The van der Waals surface area contributed by atoms with Crippen molar-refractivity contribution in [1.29, 1.82) is 0 Å². The third kappa shape index (κ3) is 3.61. The standard InChI is InChI=1S/C22H22N2O5/c1-28-15-9-7-14(8-10-15)20(25)18-19(17-6-2-3-11-23-17)24(22(27)21(18)26)13-16-5-4-12-29-16/h2-3,6-11,16,19,25H,4-5,12-13H2,1H3/b20-18-. The number of hydrogen-bond acceptors (Lipinski definition) is 6. The molecule has 1 N–H and O–H groups in total. The molecule has 150 valence electrons. The number of aromatic nitrogens is 1. The Hall–Kier alpha value is -3.19. The molecule has 29 heavy (non-hydrogen) atoms. The number of aliphatic hydroxyl groups is 1. The molecule has 0 radical (unpaired) electrons. The molecule has 1 aromatic carbocycles. The van der Waals surface area contributed by atoms with Gasteiger partial charge in [-0.05, 0) is 49.2 Å². The lowest BCUT2D eigenvalue weighted by molar-refractivity contribution is -0.140. The fraction of sp³-hybridized carbons (Fsp3) is 0.318. The first-order valence-electron chi connectivity index (χ1n) is 9.55. The molecular formula is C22H22N2O5. The fourth-order valence-corrected chi connectivity index (χ4v) is 3.83. The molecule has 0 spiro atoms. The van der Waals surface area contributed by atoms with E-state index in [9.17, 15) is 14.7 Å². The molecule has 2 atom stereocenters. The molecule has 0 aliphatic carbocycles. The number of amides is 1. The topological polar surface area (TPSA) is 89.0 Å². The van der Waals surface area contributed by atoms with Gasteiger partial charge in [0.05, 0.1) is 24.5 Å². The molecule has 0 bridgehead atoms. The highest BCUT2D eigenvalue weighted by atomic mass is 16.5. The zero-order chi connectivity index (χ0) is 20.4. The summed E-state index contributed by atoms with van der Waals surface area (Å²) >= 11 is 0. The quantitative estimate of drug-likeness (QED) is 0.477. The minimum Gasteiger partial charge on any atom is -0.507 e. The lowest BCUT2D eigenvalue weighted by Gasteiger charge is -2.26. The lowest BCUT2D eigenvalue weighted by atomic mass is 9.98. The first-order chi connectivity index (χ1) is 14.1. The highest BCUT2D eigenvalue weighted by Gasteiger charge is 2.47. The van der Waals surface area contributed by atoms with Crippen LogP contribution in [0, 0.1) is 0 Å². The number of likely N-dealkylation sites (tertiary alicyclic amines) is 1. The van der Waals surface area contributed by atoms with Crippen molar-refractivity contribution in [1.82, 2.24) is 9.88 Å². The SMILES string of the molecule is COc1ccc(/C(O)=C2/C(=O)C(=O)N(CC3CCCO3)C2c2ccccn2)cc1. The summed E-state index contributed by atoms with van der Waals surface area (Å²) in [6.45, 7) is 0.930. The minimum atomic E-state index is -0.762. The molecule has 2 unspecified atom stereocenters. The number of aliphatic hydroxyl groups excluding tert-OH is 1. The molecule has 4 rings (SSSR count). The zero-order valence-electron chi connectivity index (χ0n) is 16.1. The van der Waals surface area contributed by atoms with Crippen molar-refractivity contribution in [3.8, 4) is 5.75 Å². The third-order valence-electron chi connectivity index (χ3n) is 5.30. The number of pyridine rings is 1. The fourth-order valence-electron chi connectivity index (χ4n) is 3.83. The van der Waals surface area contributed by atoms with Crippen LogP contribution in [0.1, 0.15) is 30.1 Å². The number of nitrogens with zero attached hydrogens (tertiary/aromatic N) is 2. The molecule has 0 saturated carbocycles. The average Bonchev–Trinajstić information content (AvgIpc) is 3.36. The summed E-state index contributed by atoms with van der Waals surface area (Å²) in [5, 5.41) is 11.0. The summed E-state index contributed by atoms with van der Waals surface area (Å²) in [5.74, 6) is -0.962. The van der Waals surface area contributed by atoms with E-state index in [0.717, 1.165) is 12.8 Å². The number of rotatable bonds is 5. The maximum absolute atomic E-state index is 12.9. The van der Waals surface area contributed by atoms with Crippen molar-refractivity contribution in [2.75, 3.05) is 20.3 Å². The minimum absolute atomic E-state index is 0.0388. The molecule has 2 aliphatic rings. The van der Waals surface area contributed by atoms with Crippen LogP contribution in [0.4, 0.5) is 0 Å². The van der Waals surface area contributed by atoms with E-state index in [1.807, 2.05) is 0 Å². The highest BCUT2D eigenvalue weighted by Crippen LogP contribution is 2.39. The number of methoxy groups -OCH3 is 1. The second kappa shape index (κ2) is 8.05. The Morgan fingerprint density at radius 3 is 2.66 bits per heavy atom. The Kier molecular flexibility index (Phi) is 5.31. The number of hydrogen-bond donors (Lipinski definition) is 1. The van der Waals surface area contributed by atoms with Crippen LogP contribution in [-0.2, 0) is 14.3 Å². The van der Waals surface area contributed by atoms with E-state index in [1.54, 1.807) is 55.8 Å². The Morgan fingerprint density at radius 2 is 2.03 bits per heavy atom. The molecule has 2 aliphatic heterocycles. The summed E-state index contributed by atoms with van der Waals surface area (Å²) in [7, 11) is 1.55. The van der Waals surface area contributed by atoms with Crippen molar-refractivity contribution in [3.05, 3.63) is 65.5 Å². The van der Waals surface area contributed by atoms with Crippen LogP contribution in [0.15, 0.2) is 54.2 Å². The highest BCUT2D eigenvalue weighted by molar-refractivity contribution is 6.46. The summed E-state index contributed by atoms with van der Waals surface area (Å²) < 4.78 is 10.8. The van der Waals surface area contributed by atoms with Crippen molar-refractivity contribution < 1.29 is 24.2 Å². The van der Waals surface area contributed by atoms with E-state index in [0.29, 0.717) is 23.6 Å². The van der Waals surface area contributed by atoms with Gasteiger partial charge in [0.2, 0.25) is 0 Å². The Balaban J connectivity index is 1.79. The number of ether oxygens (including phenoxy) is 2. The molecular weight excluding hydrogens is 372 g/mol. The Labute approximate surface area is 168 Å². The van der Waals surface area contributed by atoms with Gasteiger partial charge in [-0.15, -0.1) is 0 Å². The lowest BCUT2D eigenvalue weighted by Crippen LogP contribution is -2.36. The van der Waals surface area contributed by atoms with Gasteiger partial charge in [-0.3, -0.25) is 14.6 Å². The van der Waals surface area contributed by atoms with Gasteiger partial charge >= 0.3 is 0 Å². The summed E-state index contributed by atoms with van der Waals surface area (Å²) in [6, 6.07) is 11.2. The van der Waals surface area contributed by atoms with Crippen molar-refractivity contribution in [2.45, 2.75) is 25.0 Å². The van der Waals surface area contributed by atoms with E-state index in [-0.39, 0.29) is 24.0 Å². The van der Waals surface area contributed by atoms with Crippen LogP contribution in [-0.4, -0.2) is 53.0 Å². The van der Waals surface area contributed by atoms with Gasteiger partial charge in [-0.1, -0.05) is 6.07 Å². The van der Waals surface area contributed by atoms with Crippen LogP contribution < -0.4 is 4.74 Å². The number of carbonyl (C=O) groups excluding carboxylic acids is 2. The van der Waals surface area contributed by atoms with E-state index in [1.165, 1.54) is 4.90 Å². The molecule has 2 aromatic rings. The van der Waals surface area contributed by atoms with E-state index in [4.69, 9.17) is 9.47 Å². The van der Waals surface area contributed by atoms with Gasteiger partial charge in [0.15, 0.2) is 0 Å². The van der Waals surface area contributed by atoms with Crippen molar-refractivity contribution in [2.24, 2.45) is 0 Å². The molecule has 1 amide bonds. The maximum Gasteiger partial charge on any atom is 0.295 e. The third-order valence-corrected chi connectivity index (χ3v) is 5.30. The first kappa shape index (κ1) is 19.1. The van der Waals surface area contributed by atoms with Crippen molar-refractivity contribution >= 4 is 17.4 Å². The summed E-state index contributed by atoms with van der Waals surface area (Å²) in [5.41, 5.74) is 0.999. The van der Waals surface area contributed by atoms with Crippen LogP contribution in [0.5, 0.6) is 5.75 Å². The Bertz CT molecular complexity index is 933. The van der Waals surface area contributed by atoms with Gasteiger partial charge in [-0.2, -0.15) is 0 Å². The maximum atomic E-state index is 12.9. The van der Waals surface area contributed by atoms with Gasteiger partial charge < -0.3 is 19.5 Å². The van der Waals surface area contributed by atoms with Crippen LogP contribution >= 0.6 is 0 Å². The average molecular weight is 394 g/mol. The number of benzene rings is 1. The second-order valence-corrected chi connectivity index (χ2v) is 7.07. The van der Waals surface area contributed by atoms with Crippen LogP contribution in [0.25, 0.3) is 5.76 Å². The predicted molar refractivity (Wildman–Crippen MR) is 105 cm³/mol. The number of Topliss-reactive ketones (excluding diaryl/α,β-unsaturated/α-hetero) is 1. The first-order valence-corrected chi connectivity index (χ1v) is 9.55. The van der Waals surface area contributed by atoms with E-state index in [2.05, 4.69) is 4.98 Å². The molecule has 2 saturated heterocycles. The van der Waals surface area contributed by atoms with Crippen LogP contribution in [0.2, 0.25) is 0 Å². The van der Waals surface area contributed by atoms with Gasteiger partial charge in [0.1, 0.15) is 17.6 Å². The van der Waals surface area contributed by atoms with Gasteiger partial charge in [-0.25, -0.2) is 0 Å². The number of carbonyl (C=O) groups is 2. The Morgan fingerprint density at radius 1 is 1.24 bits per heavy atom.